The Bertz CT molecular complexity index is 1330. The highest BCUT2D eigenvalue weighted by Gasteiger charge is 2.31. The van der Waals surface area contributed by atoms with E-state index in [9.17, 15) is 22.8 Å². The zero-order valence-electron chi connectivity index (χ0n) is 24.0. The maximum Gasteiger partial charge on any atom is 0.416 e. The van der Waals surface area contributed by atoms with Crippen LogP contribution in [-0.4, -0.2) is 73.1 Å². The molecule has 0 saturated heterocycles. The topological polar surface area (TPSA) is 149 Å². The number of nitrogens with two attached hydrogens (primary N) is 3. The van der Waals surface area contributed by atoms with Gasteiger partial charge < -0.3 is 32.3 Å². The van der Waals surface area contributed by atoms with Gasteiger partial charge in [0.15, 0.2) is 0 Å². The predicted molar refractivity (Wildman–Crippen MR) is 158 cm³/mol. The van der Waals surface area contributed by atoms with Crippen molar-refractivity contribution in [1.82, 2.24) is 10.3 Å². The molecule has 1 heterocycles. The van der Waals surface area contributed by atoms with Gasteiger partial charge >= 0.3 is 6.18 Å². The SMILES string of the molecule is CC(CC[N+](C)(CCN)CCN)C(N)C(=O)N[C@@H](Cc1ccc(C(F)(F)F)cc1)C(=O)Nc1cnc2ccccc2c1. The number of carbonyl (C=O) groups is 2. The molecule has 0 radical (unpaired) electrons. The second kappa shape index (κ2) is 14.5. The molecule has 0 fully saturated rings. The highest BCUT2D eigenvalue weighted by Crippen LogP contribution is 2.29. The number of quaternary nitrogens is 1. The minimum atomic E-state index is -4.49. The maximum atomic E-state index is 13.4. The fourth-order valence-corrected chi connectivity index (χ4v) is 4.82. The largest absolute Gasteiger partial charge is 0.416 e. The molecule has 3 rings (SSSR count). The number of amides is 2. The number of benzene rings is 2. The Morgan fingerprint density at radius 3 is 2.24 bits per heavy atom. The molecular weight excluding hydrogens is 547 g/mol. The molecule has 2 amide bonds. The van der Waals surface area contributed by atoms with Crippen molar-refractivity contribution in [2.24, 2.45) is 23.1 Å². The van der Waals surface area contributed by atoms with Crippen LogP contribution in [0.3, 0.4) is 0 Å². The van der Waals surface area contributed by atoms with Crippen LogP contribution in [0.25, 0.3) is 10.9 Å². The van der Waals surface area contributed by atoms with Crippen LogP contribution in [0.5, 0.6) is 0 Å². The van der Waals surface area contributed by atoms with Crippen molar-refractivity contribution in [1.29, 1.82) is 0 Å². The van der Waals surface area contributed by atoms with Gasteiger partial charge in [-0.25, -0.2) is 0 Å². The van der Waals surface area contributed by atoms with Crippen molar-refractivity contribution in [3.8, 4) is 0 Å². The number of fused-ring (bicyclic) bond motifs is 1. The molecule has 9 nitrogen and oxygen atoms in total. The monoisotopic (exact) mass is 588 g/mol. The summed E-state index contributed by atoms with van der Waals surface area (Å²) in [5.41, 5.74) is 18.7. The van der Waals surface area contributed by atoms with Crippen molar-refractivity contribution in [2.75, 3.05) is 45.1 Å². The molecule has 3 atom stereocenters. The lowest BCUT2D eigenvalue weighted by Crippen LogP contribution is -2.54. The number of halogens is 3. The molecule has 0 aliphatic carbocycles. The standard InChI is InChI=1S/C30H40F3N7O2/c1-20(11-14-40(2,15-12-34)16-13-35)27(36)29(42)39-26(17-21-7-9-23(10-8-21)30(31,32)33)28(41)38-24-18-22-5-3-4-6-25(22)37-19-24/h3-10,18-20,26-27H,11-17,34-36H2,1-2H3,(H-,38,39,41,42)/p+1/t20?,26-,27?/m0/s1. The first-order chi connectivity index (χ1) is 19.8. The minimum absolute atomic E-state index is 0.0419. The van der Waals surface area contributed by atoms with E-state index in [1.807, 2.05) is 31.2 Å². The lowest BCUT2D eigenvalue weighted by Gasteiger charge is -2.35. The summed E-state index contributed by atoms with van der Waals surface area (Å²) in [5.74, 6) is -1.30. The van der Waals surface area contributed by atoms with Crippen LogP contribution in [0.4, 0.5) is 18.9 Å². The first-order valence-corrected chi connectivity index (χ1v) is 14.0. The van der Waals surface area contributed by atoms with Gasteiger partial charge in [-0.05, 0) is 35.7 Å². The quantitative estimate of drug-likeness (QED) is 0.183. The van der Waals surface area contributed by atoms with E-state index in [2.05, 4.69) is 22.7 Å². The van der Waals surface area contributed by atoms with Gasteiger partial charge in [0, 0.05) is 31.3 Å². The van der Waals surface area contributed by atoms with Gasteiger partial charge in [-0.2, -0.15) is 13.2 Å². The molecule has 8 N–H and O–H groups in total. The van der Waals surface area contributed by atoms with Gasteiger partial charge in [0.05, 0.1) is 55.7 Å². The number of anilines is 1. The third kappa shape index (κ3) is 9.21. The van der Waals surface area contributed by atoms with Crippen LogP contribution < -0.4 is 27.8 Å². The summed E-state index contributed by atoms with van der Waals surface area (Å²) in [4.78, 5) is 31.0. The number of pyridine rings is 1. The zero-order chi connectivity index (χ0) is 30.9. The van der Waals surface area contributed by atoms with Gasteiger partial charge in [0.1, 0.15) is 6.04 Å². The predicted octanol–water partition coefficient (Wildman–Crippen LogP) is 2.64. The Morgan fingerprint density at radius 1 is 0.976 bits per heavy atom. The third-order valence-corrected chi connectivity index (χ3v) is 7.59. The summed E-state index contributed by atoms with van der Waals surface area (Å²) < 4.78 is 39.9. The van der Waals surface area contributed by atoms with E-state index < -0.39 is 35.6 Å². The molecule has 0 saturated carbocycles. The molecule has 0 aliphatic rings. The molecular formula is C30H41F3N7O2+. The number of likely N-dealkylation sites (N-methyl/N-ethyl adjacent to an activating group) is 1. The molecule has 228 valence electrons. The average Bonchev–Trinajstić information content (AvgIpc) is 2.95. The molecule has 2 aromatic carbocycles. The Hall–Kier alpha value is -3.58. The highest BCUT2D eigenvalue weighted by molar-refractivity contribution is 5.99. The number of nitrogens with zero attached hydrogens (tertiary/aromatic N) is 2. The number of nitrogens with one attached hydrogen (secondary N) is 2. The lowest BCUT2D eigenvalue weighted by molar-refractivity contribution is -0.907. The molecule has 0 aliphatic heterocycles. The van der Waals surface area contributed by atoms with Crippen molar-refractivity contribution < 1.29 is 27.2 Å². The molecule has 12 heteroatoms. The normalized spacial score (nSPS) is 14.3. The molecule has 1 aromatic heterocycles. The van der Waals surface area contributed by atoms with Crippen LogP contribution in [0.1, 0.15) is 24.5 Å². The van der Waals surface area contributed by atoms with Crippen LogP contribution in [0, 0.1) is 5.92 Å². The van der Waals surface area contributed by atoms with E-state index in [-0.39, 0.29) is 12.3 Å². The van der Waals surface area contributed by atoms with Crippen molar-refractivity contribution in [2.45, 2.75) is 38.0 Å². The molecule has 0 bridgehead atoms. The molecule has 3 aromatic rings. The summed E-state index contributed by atoms with van der Waals surface area (Å²) in [5, 5.41) is 6.31. The number of alkyl halides is 3. The summed E-state index contributed by atoms with van der Waals surface area (Å²) in [6.07, 6.45) is -2.40. The van der Waals surface area contributed by atoms with Crippen molar-refractivity contribution >= 4 is 28.4 Å². The fourth-order valence-electron chi connectivity index (χ4n) is 4.82. The van der Waals surface area contributed by atoms with E-state index in [1.54, 1.807) is 6.07 Å². The summed E-state index contributed by atoms with van der Waals surface area (Å²) in [6.45, 7) is 5.08. The first-order valence-electron chi connectivity index (χ1n) is 14.0. The van der Waals surface area contributed by atoms with Gasteiger partial charge in [0.25, 0.3) is 0 Å². The van der Waals surface area contributed by atoms with Crippen LogP contribution >= 0.6 is 0 Å². The number of hydrogen-bond donors (Lipinski definition) is 5. The lowest BCUT2D eigenvalue weighted by atomic mass is 9.96. The highest BCUT2D eigenvalue weighted by atomic mass is 19.4. The smallest absolute Gasteiger partial charge is 0.343 e. The Labute approximate surface area is 244 Å². The van der Waals surface area contributed by atoms with Gasteiger partial charge in [-0.15, -0.1) is 0 Å². The van der Waals surface area contributed by atoms with Crippen LogP contribution in [0.2, 0.25) is 0 Å². The maximum absolute atomic E-state index is 13.4. The van der Waals surface area contributed by atoms with E-state index in [0.29, 0.717) is 35.2 Å². The Kier molecular flexibility index (Phi) is 11.4. The van der Waals surface area contributed by atoms with E-state index in [1.165, 1.54) is 18.3 Å². The van der Waals surface area contributed by atoms with Crippen LogP contribution in [0.15, 0.2) is 60.8 Å². The fraction of sp³-hybridized carbons (Fsp3) is 0.433. The third-order valence-electron chi connectivity index (χ3n) is 7.59. The number of aromatic nitrogens is 1. The zero-order valence-corrected chi connectivity index (χ0v) is 24.0. The molecule has 42 heavy (non-hydrogen) atoms. The summed E-state index contributed by atoms with van der Waals surface area (Å²) in [6, 6.07) is 11.6. The number of hydrogen-bond acceptors (Lipinski definition) is 6. The Balaban J connectivity index is 1.76. The van der Waals surface area contributed by atoms with Gasteiger partial charge in [-0.1, -0.05) is 37.3 Å². The van der Waals surface area contributed by atoms with Crippen LogP contribution in [-0.2, 0) is 22.2 Å². The summed E-state index contributed by atoms with van der Waals surface area (Å²) in [7, 11) is 2.06. The minimum Gasteiger partial charge on any atom is -0.343 e. The second-order valence-corrected chi connectivity index (χ2v) is 11.0. The van der Waals surface area contributed by atoms with Crippen molar-refractivity contribution in [3.63, 3.8) is 0 Å². The van der Waals surface area contributed by atoms with Gasteiger partial charge in [0.2, 0.25) is 11.8 Å². The number of rotatable bonds is 14. The average molecular weight is 589 g/mol. The molecule has 0 spiro atoms. The summed E-state index contributed by atoms with van der Waals surface area (Å²) >= 11 is 0. The van der Waals surface area contributed by atoms with E-state index in [0.717, 1.165) is 42.7 Å². The van der Waals surface area contributed by atoms with Gasteiger partial charge in [-0.3, -0.25) is 14.6 Å². The van der Waals surface area contributed by atoms with E-state index in [4.69, 9.17) is 17.2 Å². The second-order valence-electron chi connectivity index (χ2n) is 11.0. The first kappa shape index (κ1) is 32.9. The van der Waals surface area contributed by atoms with E-state index >= 15 is 0 Å². The number of carbonyl (C=O) groups excluding carboxylic acids is 2. The number of para-hydroxylation sites is 1. The Morgan fingerprint density at radius 2 is 1.62 bits per heavy atom. The molecule has 2 unspecified atom stereocenters. The van der Waals surface area contributed by atoms with Crippen molar-refractivity contribution in [3.05, 3.63) is 71.9 Å².